The quantitative estimate of drug-likeness (QED) is 0.877. The van der Waals surface area contributed by atoms with Crippen molar-refractivity contribution < 1.29 is 14.6 Å². The molecule has 6 heteroatoms. The van der Waals surface area contributed by atoms with Crippen LogP contribution in [0.1, 0.15) is 28.9 Å². The van der Waals surface area contributed by atoms with Crippen LogP contribution >= 0.6 is 11.6 Å². The van der Waals surface area contributed by atoms with Crippen molar-refractivity contribution in [1.29, 1.82) is 0 Å². The minimum atomic E-state index is -0.230. The number of halogens is 1. The summed E-state index contributed by atoms with van der Waals surface area (Å²) in [5.41, 5.74) is 2.60. The molecule has 0 bridgehead atoms. The van der Waals surface area contributed by atoms with E-state index in [1.165, 1.54) is 12.1 Å². The van der Waals surface area contributed by atoms with Gasteiger partial charge in [-0.15, -0.1) is 0 Å². The van der Waals surface area contributed by atoms with Gasteiger partial charge in [-0.25, -0.2) is 0 Å². The molecule has 132 valence electrons. The molecule has 1 fully saturated rings. The summed E-state index contributed by atoms with van der Waals surface area (Å²) in [6.45, 7) is 5.23. The van der Waals surface area contributed by atoms with E-state index in [-0.39, 0.29) is 22.7 Å². The van der Waals surface area contributed by atoms with Crippen LogP contribution in [0.5, 0.6) is 5.75 Å². The number of benzene rings is 2. The van der Waals surface area contributed by atoms with Crippen LogP contribution in [0.4, 0.5) is 5.69 Å². The summed E-state index contributed by atoms with van der Waals surface area (Å²) in [6.07, 6.45) is 0. The average molecular weight is 361 g/mol. The predicted octanol–water partition coefficient (Wildman–Crippen LogP) is 3.37. The minimum absolute atomic E-state index is 0.0371. The molecule has 1 aliphatic rings. The normalized spacial score (nSPS) is 15.7. The number of hydrogen-bond acceptors (Lipinski definition) is 4. The van der Waals surface area contributed by atoms with Gasteiger partial charge in [0.1, 0.15) is 5.75 Å². The van der Waals surface area contributed by atoms with Crippen molar-refractivity contribution in [2.45, 2.75) is 13.0 Å². The van der Waals surface area contributed by atoms with E-state index in [0.29, 0.717) is 5.56 Å². The number of phenols is 1. The number of carbonyl (C=O) groups excluding carboxylic acids is 1. The van der Waals surface area contributed by atoms with Crippen LogP contribution in [0.15, 0.2) is 42.5 Å². The summed E-state index contributed by atoms with van der Waals surface area (Å²) in [6, 6.07) is 12.5. The van der Waals surface area contributed by atoms with E-state index in [1.807, 2.05) is 19.1 Å². The van der Waals surface area contributed by atoms with E-state index in [0.717, 1.165) is 37.6 Å². The van der Waals surface area contributed by atoms with Crippen LogP contribution in [0, 0.1) is 0 Å². The molecule has 25 heavy (non-hydrogen) atoms. The predicted molar refractivity (Wildman–Crippen MR) is 98.5 cm³/mol. The second-order valence-corrected chi connectivity index (χ2v) is 6.46. The zero-order chi connectivity index (χ0) is 17.8. The number of ether oxygens (including phenoxy) is 1. The Balaban J connectivity index is 1.65. The lowest BCUT2D eigenvalue weighted by Crippen LogP contribution is -2.36. The highest BCUT2D eigenvalue weighted by atomic mass is 35.5. The lowest BCUT2D eigenvalue weighted by atomic mass is 10.1. The highest BCUT2D eigenvalue weighted by Crippen LogP contribution is 2.24. The molecule has 1 amide bonds. The number of nitrogens with one attached hydrogen (secondary N) is 1. The molecule has 5 nitrogen and oxygen atoms in total. The molecule has 0 unspecified atom stereocenters. The Bertz CT molecular complexity index is 743. The molecule has 0 spiro atoms. The van der Waals surface area contributed by atoms with Gasteiger partial charge in [0.15, 0.2) is 0 Å². The maximum absolute atomic E-state index is 12.3. The fourth-order valence-corrected chi connectivity index (χ4v) is 2.99. The maximum atomic E-state index is 12.3. The van der Waals surface area contributed by atoms with Gasteiger partial charge in [0, 0.05) is 24.3 Å². The molecule has 0 aromatic heterocycles. The summed E-state index contributed by atoms with van der Waals surface area (Å²) in [7, 11) is 0. The molecule has 3 rings (SSSR count). The second-order valence-electron chi connectivity index (χ2n) is 6.05. The van der Waals surface area contributed by atoms with Gasteiger partial charge in [-0.1, -0.05) is 23.7 Å². The SMILES string of the molecule is C[C@H](NC(=O)c1ccc(O)c(Cl)c1)c1ccc(N2CCOCC2)cc1. The van der Waals surface area contributed by atoms with Gasteiger partial charge in [-0.3, -0.25) is 4.79 Å². The first-order valence-corrected chi connectivity index (χ1v) is 8.64. The lowest BCUT2D eigenvalue weighted by Gasteiger charge is -2.29. The summed E-state index contributed by atoms with van der Waals surface area (Å²) in [4.78, 5) is 14.6. The van der Waals surface area contributed by atoms with Crippen LogP contribution in [-0.4, -0.2) is 37.3 Å². The first-order chi connectivity index (χ1) is 12.0. The van der Waals surface area contributed by atoms with Crippen molar-refractivity contribution in [3.63, 3.8) is 0 Å². The van der Waals surface area contributed by atoms with E-state index < -0.39 is 0 Å². The van der Waals surface area contributed by atoms with Gasteiger partial charge in [-0.2, -0.15) is 0 Å². The molecular weight excluding hydrogens is 340 g/mol. The van der Waals surface area contributed by atoms with E-state index in [4.69, 9.17) is 16.3 Å². The fraction of sp³-hybridized carbons (Fsp3) is 0.316. The third-order valence-electron chi connectivity index (χ3n) is 4.33. The molecule has 0 radical (unpaired) electrons. The monoisotopic (exact) mass is 360 g/mol. The van der Waals surface area contributed by atoms with Crippen molar-refractivity contribution in [3.8, 4) is 5.75 Å². The standard InChI is InChI=1S/C19H21ClN2O3/c1-13(21-19(24)15-4-7-18(23)17(20)12-15)14-2-5-16(6-3-14)22-8-10-25-11-9-22/h2-7,12-13,23H,8-11H2,1H3,(H,21,24)/t13-/m0/s1. The first kappa shape index (κ1) is 17.6. The summed E-state index contributed by atoms with van der Waals surface area (Å²) in [5, 5.41) is 12.6. The van der Waals surface area contributed by atoms with Gasteiger partial charge < -0.3 is 20.1 Å². The number of rotatable bonds is 4. The number of carbonyl (C=O) groups is 1. The van der Waals surface area contributed by atoms with Crippen molar-refractivity contribution >= 4 is 23.2 Å². The van der Waals surface area contributed by atoms with Gasteiger partial charge in [0.25, 0.3) is 5.91 Å². The first-order valence-electron chi connectivity index (χ1n) is 8.26. The maximum Gasteiger partial charge on any atom is 0.251 e. The Labute approximate surface area is 152 Å². The second kappa shape index (κ2) is 7.76. The molecule has 1 aliphatic heterocycles. The summed E-state index contributed by atoms with van der Waals surface area (Å²) >= 11 is 5.86. The van der Waals surface area contributed by atoms with Gasteiger partial charge in [-0.05, 0) is 42.8 Å². The number of phenolic OH excluding ortho intramolecular Hbond substituents is 1. The van der Waals surface area contributed by atoms with Crippen LogP contribution in [0.25, 0.3) is 0 Å². The molecule has 1 saturated heterocycles. The third kappa shape index (κ3) is 4.24. The minimum Gasteiger partial charge on any atom is -0.506 e. The number of aromatic hydroxyl groups is 1. The molecule has 1 atom stereocenters. The highest BCUT2D eigenvalue weighted by Gasteiger charge is 2.14. The van der Waals surface area contributed by atoms with Gasteiger partial charge in [0.05, 0.1) is 24.3 Å². The van der Waals surface area contributed by atoms with Crippen molar-refractivity contribution in [2.75, 3.05) is 31.2 Å². The molecule has 2 aromatic carbocycles. The van der Waals surface area contributed by atoms with Crippen LogP contribution in [0.3, 0.4) is 0 Å². The van der Waals surface area contributed by atoms with Crippen molar-refractivity contribution in [1.82, 2.24) is 5.32 Å². The Hall–Kier alpha value is -2.24. The summed E-state index contributed by atoms with van der Waals surface area (Å²) in [5.74, 6) is -0.267. The molecule has 2 N–H and O–H groups in total. The number of nitrogens with zero attached hydrogens (tertiary/aromatic N) is 1. The molecule has 0 aliphatic carbocycles. The Morgan fingerprint density at radius 3 is 2.52 bits per heavy atom. The Kier molecular flexibility index (Phi) is 5.46. The molecule has 1 heterocycles. The molecule has 0 saturated carbocycles. The van der Waals surface area contributed by atoms with Gasteiger partial charge in [0.2, 0.25) is 0 Å². The summed E-state index contributed by atoms with van der Waals surface area (Å²) < 4.78 is 5.37. The van der Waals surface area contributed by atoms with Gasteiger partial charge >= 0.3 is 0 Å². The van der Waals surface area contributed by atoms with E-state index in [1.54, 1.807) is 6.07 Å². The van der Waals surface area contributed by atoms with Crippen LogP contribution in [0.2, 0.25) is 5.02 Å². The van der Waals surface area contributed by atoms with Crippen LogP contribution < -0.4 is 10.2 Å². The zero-order valence-corrected chi connectivity index (χ0v) is 14.8. The smallest absolute Gasteiger partial charge is 0.251 e. The van der Waals surface area contributed by atoms with E-state index in [2.05, 4.69) is 22.3 Å². The highest BCUT2D eigenvalue weighted by molar-refractivity contribution is 6.32. The number of hydrogen-bond donors (Lipinski definition) is 2. The molecular formula is C19H21ClN2O3. The number of amides is 1. The van der Waals surface area contributed by atoms with Crippen molar-refractivity contribution in [2.24, 2.45) is 0 Å². The Morgan fingerprint density at radius 2 is 1.88 bits per heavy atom. The third-order valence-corrected chi connectivity index (χ3v) is 4.63. The van der Waals surface area contributed by atoms with Crippen molar-refractivity contribution in [3.05, 3.63) is 58.6 Å². The lowest BCUT2D eigenvalue weighted by molar-refractivity contribution is 0.0940. The topological polar surface area (TPSA) is 61.8 Å². The Morgan fingerprint density at radius 1 is 1.20 bits per heavy atom. The zero-order valence-electron chi connectivity index (χ0n) is 14.0. The average Bonchev–Trinajstić information content (AvgIpc) is 2.64. The number of anilines is 1. The van der Waals surface area contributed by atoms with E-state index in [9.17, 15) is 9.90 Å². The fourth-order valence-electron chi connectivity index (χ4n) is 2.81. The largest absolute Gasteiger partial charge is 0.506 e. The van der Waals surface area contributed by atoms with E-state index >= 15 is 0 Å². The molecule has 2 aromatic rings. The number of morpholine rings is 1. The van der Waals surface area contributed by atoms with Crippen LogP contribution in [-0.2, 0) is 4.74 Å².